The Kier molecular flexibility index (Phi) is 3.53. The van der Waals surface area contributed by atoms with Gasteiger partial charge in [0.2, 0.25) is 4.96 Å². The number of imidazole rings is 2. The molecule has 0 radical (unpaired) electrons. The van der Waals surface area contributed by atoms with Crippen LogP contribution in [-0.4, -0.2) is 29.5 Å². The summed E-state index contributed by atoms with van der Waals surface area (Å²) in [5, 5.41) is 16.5. The van der Waals surface area contributed by atoms with Crippen LogP contribution in [0.5, 0.6) is 0 Å². The number of non-ortho nitro benzene ring substituents is 1. The van der Waals surface area contributed by atoms with Gasteiger partial charge in [-0.05, 0) is 19.9 Å². The number of nitro benzene ring substituents is 1. The van der Waals surface area contributed by atoms with E-state index in [9.17, 15) is 10.1 Å². The predicted octanol–water partition coefficient (Wildman–Crippen LogP) is 4.53. The Labute approximate surface area is 162 Å². The normalized spacial score (nSPS) is 11.5. The maximum Gasteiger partial charge on any atom is 0.271 e. The first-order valence-corrected chi connectivity index (χ1v) is 9.39. The molecule has 5 rings (SSSR count). The SMILES string of the molecule is Cc1ccc(-c2nc3sc(C)nn3c2-c2nc3ccc([N+](=O)[O-])cc3[nH]2)cc1. The monoisotopic (exact) mass is 390 g/mol. The van der Waals surface area contributed by atoms with Crippen molar-refractivity contribution in [2.45, 2.75) is 13.8 Å². The molecular formula is C19H14N6O2S. The summed E-state index contributed by atoms with van der Waals surface area (Å²) in [4.78, 5) is 24.1. The molecule has 1 N–H and O–H groups in total. The third-order valence-corrected chi connectivity index (χ3v) is 5.35. The third kappa shape index (κ3) is 2.55. The summed E-state index contributed by atoms with van der Waals surface area (Å²) in [6.45, 7) is 3.96. The van der Waals surface area contributed by atoms with Crippen molar-refractivity contribution in [3.63, 3.8) is 0 Å². The molecule has 2 aromatic carbocycles. The summed E-state index contributed by atoms with van der Waals surface area (Å²) < 4.78 is 1.78. The van der Waals surface area contributed by atoms with E-state index in [-0.39, 0.29) is 5.69 Å². The number of hydrogen-bond donors (Lipinski definition) is 1. The minimum atomic E-state index is -0.418. The molecule has 0 saturated carbocycles. The average Bonchev–Trinajstić information content (AvgIpc) is 3.32. The number of benzene rings is 2. The van der Waals surface area contributed by atoms with E-state index in [4.69, 9.17) is 4.98 Å². The van der Waals surface area contributed by atoms with Crippen LogP contribution in [0.3, 0.4) is 0 Å². The van der Waals surface area contributed by atoms with Gasteiger partial charge < -0.3 is 4.98 Å². The molecule has 0 fully saturated rings. The van der Waals surface area contributed by atoms with Crippen LogP contribution in [0.1, 0.15) is 10.6 Å². The Morgan fingerprint density at radius 1 is 1.11 bits per heavy atom. The molecule has 3 aromatic heterocycles. The molecule has 0 aliphatic heterocycles. The maximum absolute atomic E-state index is 11.1. The molecule has 0 spiro atoms. The van der Waals surface area contributed by atoms with Crippen molar-refractivity contribution in [2.24, 2.45) is 0 Å². The number of nitrogens with zero attached hydrogens (tertiary/aromatic N) is 5. The summed E-state index contributed by atoms with van der Waals surface area (Å²) in [5.74, 6) is 0.573. The Balaban J connectivity index is 1.77. The second-order valence-electron chi connectivity index (χ2n) is 6.53. The molecule has 0 aliphatic rings. The highest BCUT2D eigenvalue weighted by Crippen LogP contribution is 2.34. The van der Waals surface area contributed by atoms with Crippen molar-refractivity contribution >= 4 is 33.0 Å². The number of fused-ring (bicyclic) bond motifs is 2. The van der Waals surface area contributed by atoms with Crippen LogP contribution in [0.25, 0.3) is 38.8 Å². The highest BCUT2D eigenvalue weighted by Gasteiger charge is 2.22. The number of aromatic amines is 1. The van der Waals surface area contributed by atoms with Gasteiger partial charge in [-0.3, -0.25) is 10.1 Å². The van der Waals surface area contributed by atoms with E-state index in [1.807, 2.05) is 38.1 Å². The van der Waals surface area contributed by atoms with Gasteiger partial charge in [-0.1, -0.05) is 41.2 Å². The van der Waals surface area contributed by atoms with Crippen LogP contribution in [0.4, 0.5) is 5.69 Å². The van der Waals surface area contributed by atoms with Crippen LogP contribution >= 0.6 is 11.3 Å². The van der Waals surface area contributed by atoms with Crippen LogP contribution in [0.2, 0.25) is 0 Å². The van der Waals surface area contributed by atoms with Gasteiger partial charge in [-0.2, -0.15) is 9.61 Å². The number of nitro groups is 1. The Hall–Kier alpha value is -3.59. The Bertz CT molecular complexity index is 1360. The van der Waals surface area contributed by atoms with Crippen molar-refractivity contribution in [3.8, 4) is 22.8 Å². The fourth-order valence-electron chi connectivity index (χ4n) is 3.19. The van der Waals surface area contributed by atoms with E-state index in [1.54, 1.807) is 10.6 Å². The van der Waals surface area contributed by atoms with Crippen molar-refractivity contribution in [1.29, 1.82) is 0 Å². The lowest BCUT2D eigenvalue weighted by Gasteiger charge is -2.02. The summed E-state index contributed by atoms with van der Waals surface area (Å²) >= 11 is 1.50. The second-order valence-corrected chi connectivity index (χ2v) is 7.69. The van der Waals surface area contributed by atoms with Gasteiger partial charge in [-0.15, -0.1) is 0 Å². The van der Waals surface area contributed by atoms with E-state index in [0.29, 0.717) is 16.9 Å². The van der Waals surface area contributed by atoms with Gasteiger partial charge in [0.15, 0.2) is 5.82 Å². The zero-order valence-electron chi connectivity index (χ0n) is 15.0. The zero-order valence-corrected chi connectivity index (χ0v) is 15.8. The minimum Gasteiger partial charge on any atom is -0.336 e. The van der Waals surface area contributed by atoms with Crippen LogP contribution in [-0.2, 0) is 0 Å². The quantitative estimate of drug-likeness (QED) is 0.360. The highest BCUT2D eigenvalue weighted by atomic mass is 32.1. The molecule has 0 unspecified atom stereocenters. The first-order chi connectivity index (χ1) is 13.5. The summed E-state index contributed by atoms with van der Waals surface area (Å²) in [6.07, 6.45) is 0. The molecule has 138 valence electrons. The van der Waals surface area contributed by atoms with Crippen molar-refractivity contribution in [2.75, 3.05) is 0 Å². The van der Waals surface area contributed by atoms with Gasteiger partial charge in [0.05, 0.1) is 16.0 Å². The van der Waals surface area contributed by atoms with E-state index >= 15 is 0 Å². The highest BCUT2D eigenvalue weighted by molar-refractivity contribution is 7.16. The number of hydrogen-bond acceptors (Lipinski definition) is 6. The molecule has 28 heavy (non-hydrogen) atoms. The first-order valence-electron chi connectivity index (χ1n) is 8.57. The van der Waals surface area contributed by atoms with E-state index < -0.39 is 4.92 Å². The Morgan fingerprint density at radius 3 is 2.64 bits per heavy atom. The number of aryl methyl sites for hydroxylation is 2. The lowest BCUT2D eigenvalue weighted by Crippen LogP contribution is -1.93. The number of rotatable bonds is 3. The summed E-state index contributed by atoms with van der Waals surface area (Å²) in [6, 6.07) is 12.7. The molecule has 0 atom stereocenters. The van der Waals surface area contributed by atoms with Crippen molar-refractivity contribution in [3.05, 3.63) is 63.1 Å². The molecule has 3 heterocycles. The summed E-state index contributed by atoms with van der Waals surface area (Å²) in [5.41, 5.74) is 4.90. The molecule has 0 bridgehead atoms. The van der Waals surface area contributed by atoms with Gasteiger partial charge >= 0.3 is 0 Å². The molecule has 0 aliphatic carbocycles. The summed E-state index contributed by atoms with van der Waals surface area (Å²) in [7, 11) is 0. The fraction of sp³-hybridized carbons (Fsp3) is 0.105. The van der Waals surface area contributed by atoms with E-state index in [1.165, 1.54) is 23.5 Å². The average molecular weight is 390 g/mol. The first kappa shape index (κ1) is 16.6. The van der Waals surface area contributed by atoms with Gasteiger partial charge in [0, 0.05) is 17.7 Å². The lowest BCUT2D eigenvalue weighted by atomic mass is 10.1. The van der Waals surface area contributed by atoms with Gasteiger partial charge in [0.25, 0.3) is 5.69 Å². The van der Waals surface area contributed by atoms with Crippen LogP contribution in [0, 0.1) is 24.0 Å². The fourth-order valence-corrected chi connectivity index (χ4v) is 3.93. The molecule has 9 heteroatoms. The standard InChI is InChI=1S/C19H14N6O2S/c1-10-3-5-12(6-4-10)16-17(24-19(22-16)28-11(2)23-24)18-20-14-8-7-13(25(26)27)9-15(14)21-18/h3-9H,1-2H3,(H,20,21). The zero-order chi connectivity index (χ0) is 19.4. The molecule has 5 aromatic rings. The Morgan fingerprint density at radius 2 is 1.89 bits per heavy atom. The molecule has 0 amide bonds. The largest absolute Gasteiger partial charge is 0.336 e. The number of aromatic nitrogens is 5. The topological polar surface area (TPSA) is 102 Å². The number of H-pyrrole nitrogens is 1. The van der Waals surface area contributed by atoms with Crippen LogP contribution in [0.15, 0.2) is 42.5 Å². The maximum atomic E-state index is 11.1. The van der Waals surface area contributed by atoms with Crippen molar-refractivity contribution < 1.29 is 4.92 Å². The minimum absolute atomic E-state index is 0.0180. The van der Waals surface area contributed by atoms with E-state index in [0.717, 1.165) is 32.5 Å². The molecular weight excluding hydrogens is 376 g/mol. The van der Waals surface area contributed by atoms with Gasteiger partial charge in [-0.25, -0.2) is 9.97 Å². The van der Waals surface area contributed by atoms with Crippen LogP contribution < -0.4 is 0 Å². The van der Waals surface area contributed by atoms with E-state index in [2.05, 4.69) is 15.1 Å². The molecule has 0 saturated heterocycles. The second kappa shape index (κ2) is 5.96. The number of nitrogens with one attached hydrogen (secondary N) is 1. The third-order valence-electron chi connectivity index (χ3n) is 4.53. The van der Waals surface area contributed by atoms with Gasteiger partial charge in [0.1, 0.15) is 16.4 Å². The predicted molar refractivity (Wildman–Crippen MR) is 108 cm³/mol. The lowest BCUT2D eigenvalue weighted by molar-refractivity contribution is -0.384. The smallest absolute Gasteiger partial charge is 0.271 e. The van der Waals surface area contributed by atoms with Crippen molar-refractivity contribution in [1.82, 2.24) is 24.6 Å². The molecule has 8 nitrogen and oxygen atoms in total.